The van der Waals surface area contributed by atoms with Gasteiger partial charge in [0.1, 0.15) is 17.2 Å². The van der Waals surface area contributed by atoms with E-state index in [1.165, 1.54) is 0 Å². The smallest absolute Gasteiger partial charge is 0.127 e. The first-order valence-corrected chi connectivity index (χ1v) is 3.76. The van der Waals surface area contributed by atoms with Crippen LogP contribution in [0.5, 0.6) is 17.2 Å². The molecule has 0 amide bonds. The van der Waals surface area contributed by atoms with Crippen LogP contribution in [0.1, 0.15) is 11.6 Å². The van der Waals surface area contributed by atoms with Crippen molar-refractivity contribution in [2.45, 2.75) is 6.04 Å². The van der Waals surface area contributed by atoms with Crippen LogP contribution in [0.25, 0.3) is 0 Å². The Morgan fingerprint density at radius 3 is 1.93 bits per heavy atom. The minimum absolute atomic E-state index is 0. The summed E-state index contributed by atoms with van der Waals surface area (Å²) in [5.41, 5.74) is 10.9. The first-order valence-electron chi connectivity index (χ1n) is 3.76. The lowest BCUT2D eigenvalue weighted by Crippen LogP contribution is -2.20. The Bertz CT molecular complexity index is 296. The zero-order chi connectivity index (χ0) is 10.0. The molecule has 6 heteroatoms. The molecule has 5 nitrogen and oxygen atoms in total. The summed E-state index contributed by atoms with van der Waals surface area (Å²) in [6, 6.07) is 1.57. The number of rotatable bonds is 2. The number of aromatic hydroxyl groups is 3. The molecule has 80 valence electrons. The Balaban J connectivity index is 0.00000169. The van der Waals surface area contributed by atoms with Gasteiger partial charge in [0.05, 0.1) is 5.56 Å². The van der Waals surface area contributed by atoms with E-state index in [1.807, 2.05) is 0 Å². The molecule has 1 rings (SSSR count). The number of hydrogen-bond acceptors (Lipinski definition) is 5. The number of hydrogen-bond donors (Lipinski definition) is 5. The van der Waals surface area contributed by atoms with Crippen LogP contribution in [0.15, 0.2) is 12.1 Å². The van der Waals surface area contributed by atoms with Crippen LogP contribution >= 0.6 is 12.4 Å². The highest BCUT2D eigenvalue weighted by Gasteiger charge is 2.15. The normalized spacial score (nSPS) is 11.9. The van der Waals surface area contributed by atoms with E-state index >= 15 is 0 Å². The van der Waals surface area contributed by atoms with E-state index in [4.69, 9.17) is 16.6 Å². The molecule has 0 heterocycles. The summed E-state index contributed by atoms with van der Waals surface area (Å²) in [5, 5.41) is 27.6. The molecular formula is C8H13ClN2O3. The number of nitrogens with two attached hydrogens (primary N) is 2. The van der Waals surface area contributed by atoms with E-state index in [0.29, 0.717) is 0 Å². The molecule has 0 aliphatic heterocycles. The van der Waals surface area contributed by atoms with Crippen LogP contribution in [0, 0.1) is 0 Å². The third kappa shape index (κ3) is 2.41. The van der Waals surface area contributed by atoms with Crippen LogP contribution in [0.2, 0.25) is 0 Å². The van der Waals surface area contributed by atoms with Gasteiger partial charge in [-0.25, -0.2) is 0 Å². The lowest BCUT2D eigenvalue weighted by atomic mass is 10.1. The maximum Gasteiger partial charge on any atom is 0.127 e. The molecule has 0 spiro atoms. The van der Waals surface area contributed by atoms with E-state index in [0.717, 1.165) is 12.1 Å². The Morgan fingerprint density at radius 1 is 1.14 bits per heavy atom. The van der Waals surface area contributed by atoms with Gasteiger partial charge in [0, 0.05) is 24.7 Å². The van der Waals surface area contributed by atoms with Crippen LogP contribution < -0.4 is 11.5 Å². The number of halogens is 1. The van der Waals surface area contributed by atoms with Gasteiger partial charge >= 0.3 is 0 Å². The van der Waals surface area contributed by atoms with Crippen LogP contribution in [-0.2, 0) is 0 Å². The van der Waals surface area contributed by atoms with E-state index < -0.39 is 6.04 Å². The van der Waals surface area contributed by atoms with Gasteiger partial charge in [-0.1, -0.05) is 0 Å². The highest BCUT2D eigenvalue weighted by atomic mass is 35.5. The molecule has 1 aromatic rings. The largest absolute Gasteiger partial charge is 0.508 e. The van der Waals surface area contributed by atoms with Crippen molar-refractivity contribution in [3.05, 3.63) is 17.7 Å². The van der Waals surface area contributed by atoms with Gasteiger partial charge < -0.3 is 26.8 Å². The predicted molar refractivity (Wildman–Crippen MR) is 54.7 cm³/mol. The first-order chi connectivity index (χ1) is 6.06. The minimum Gasteiger partial charge on any atom is -0.508 e. The second kappa shape index (κ2) is 4.90. The molecule has 0 radical (unpaired) electrons. The van der Waals surface area contributed by atoms with Gasteiger partial charge in [0.2, 0.25) is 0 Å². The summed E-state index contributed by atoms with van der Waals surface area (Å²) in [5.74, 6) is -0.728. The molecule has 1 aromatic carbocycles. The highest BCUT2D eigenvalue weighted by Crippen LogP contribution is 2.34. The van der Waals surface area contributed by atoms with Gasteiger partial charge in [-0.15, -0.1) is 12.4 Å². The molecule has 0 aromatic heterocycles. The standard InChI is InChI=1S/C8H12N2O3.ClH/c9-3-5(10)8-6(12)1-4(11)2-7(8)13;/h1-2,5,11-13H,3,9-10H2;1H/t5-;/m1./s1. The highest BCUT2D eigenvalue weighted by molar-refractivity contribution is 5.85. The summed E-state index contributed by atoms with van der Waals surface area (Å²) in [6.45, 7) is 0.103. The fraction of sp³-hybridized carbons (Fsp3) is 0.250. The maximum absolute atomic E-state index is 9.32. The lowest BCUT2D eigenvalue weighted by Gasteiger charge is -2.13. The number of benzene rings is 1. The first kappa shape index (κ1) is 12.8. The summed E-state index contributed by atoms with van der Waals surface area (Å²) >= 11 is 0. The Labute approximate surface area is 87.4 Å². The molecule has 7 N–H and O–H groups in total. The number of phenols is 3. The Morgan fingerprint density at radius 2 is 1.57 bits per heavy atom. The monoisotopic (exact) mass is 220 g/mol. The SMILES string of the molecule is Cl.NC[C@@H](N)c1c(O)cc(O)cc1O. The van der Waals surface area contributed by atoms with Crippen LogP contribution in [-0.4, -0.2) is 21.9 Å². The fourth-order valence-electron chi connectivity index (χ4n) is 1.11. The molecule has 0 aliphatic rings. The van der Waals surface area contributed by atoms with Gasteiger partial charge in [0.15, 0.2) is 0 Å². The minimum atomic E-state index is -0.638. The topological polar surface area (TPSA) is 113 Å². The second-order valence-electron chi connectivity index (χ2n) is 2.74. The Kier molecular flexibility index (Phi) is 4.49. The average Bonchev–Trinajstić information content (AvgIpc) is 2.02. The van der Waals surface area contributed by atoms with Crippen molar-refractivity contribution in [3.8, 4) is 17.2 Å². The van der Waals surface area contributed by atoms with Crippen LogP contribution in [0.4, 0.5) is 0 Å². The van der Waals surface area contributed by atoms with E-state index in [2.05, 4.69) is 0 Å². The molecule has 0 saturated heterocycles. The average molecular weight is 221 g/mol. The fourth-order valence-corrected chi connectivity index (χ4v) is 1.11. The zero-order valence-electron chi connectivity index (χ0n) is 7.34. The van der Waals surface area contributed by atoms with Crippen molar-refractivity contribution in [1.82, 2.24) is 0 Å². The van der Waals surface area contributed by atoms with Crippen molar-refractivity contribution >= 4 is 12.4 Å². The predicted octanol–water partition coefficient (Wildman–Crippen LogP) is 0.184. The summed E-state index contributed by atoms with van der Waals surface area (Å²) in [6.07, 6.45) is 0. The molecule has 1 atom stereocenters. The van der Waals surface area contributed by atoms with Crippen LogP contribution in [0.3, 0.4) is 0 Å². The molecule has 0 saturated carbocycles. The van der Waals surface area contributed by atoms with Crippen molar-refractivity contribution in [2.75, 3.05) is 6.54 Å². The van der Waals surface area contributed by atoms with Crippen molar-refractivity contribution in [2.24, 2.45) is 11.5 Å². The third-order valence-electron chi connectivity index (χ3n) is 1.75. The van der Waals surface area contributed by atoms with E-state index in [-0.39, 0.29) is 41.8 Å². The summed E-state index contributed by atoms with van der Waals surface area (Å²) in [4.78, 5) is 0. The molecule has 0 aliphatic carbocycles. The van der Waals surface area contributed by atoms with E-state index in [1.54, 1.807) is 0 Å². The van der Waals surface area contributed by atoms with Crippen molar-refractivity contribution in [1.29, 1.82) is 0 Å². The molecule has 14 heavy (non-hydrogen) atoms. The maximum atomic E-state index is 9.32. The van der Waals surface area contributed by atoms with Gasteiger partial charge in [-0.3, -0.25) is 0 Å². The second-order valence-corrected chi connectivity index (χ2v) is 2.74. The van der Waals surface area contributed by atoms with E-state index in [9.17, 15) is 10.2 Å². The zero-order valence-corrected chi connectivity index (χ0v) is 8.16. The molecule has 0 fully saturated rings. The Hall–Kier alpha value is -1.17. The molecular weight excluding hydrogens is 208 g/mol. The van der Waals surface area contributed by atoms with Gasteiger partial charge in [-0.05, 0) is 0 Å². The van der Waals surface area contributed by atoms with Crippen molar-refractivity contribution < 1.29 is 15.3 Å². The third-order valence-corrected chi connectivity index (χ3v) is 1.75. The van der Waals surface area contributed by atoms with Crippen molar-refractivity contribution in [3.63, 3.8) is 0 Å². The molecule has 0 unspecified atom stereocenters. The number of phenolic OH excluding ortho intramolecular Hbond substituents is 3. The summed E-state index contributed by atoms with van der Waals surface area (Å²) in [7, 11) is 0. The van der Waals surface area contributed by atoms with Gasteiger partial charge in [-0.2, -0.15) is 0 Å². The molecule has 0 bridgehead atoms. The quantitative estimate of drug-likeness (QED) is 0.488. The summed E-state index contributed by atoms with van der Waals surface area (Å²) < 4.78 is 0. The lowest BCUT2D eigenvalue weighted by molar-refractivity contribution is 0.412. The van der Waals surface area contributed by atoms with Gasteiger partial charge in [0.25, 0.3) is 0 Å².